The first-order chi connectivity index (χ1) is 12.2. The molecule has 25 heavy (non-hydrogen) atoms. The van der Waals surface area contributed by atoms with Gasteiger partial charge in [-0.05, 0) is 42.7 Å². The molecule has 0 unspecified atom stereocenters. The summed E-state index contributed by atoms with van der Waals surface area (Å²) in [5.41, 5.74) is 1.49. The van der Waals surface area contributed by atoms with Gasteiger partial charge in [0.2, 0.25) is 0 Å². The van der Waals surface area contributed by atoms with Gasteiger partial charge in [0.15, 0.2) is 0 Å². The zero-order valence-corrected chi connectivity index (χ0v) is 13.8. The van der Waals surface area contributed by atoms with Crippen molar-refractivity contribution >= 4 is 11.7 Å². The lowest BCUT2D eigenvalue weighted by Crippen LogP contribution is -2.38. The molecule has 3 rings (SSSR count). The molecule has 0 bridgehead atoms. The summed E-state index contributed by atoms with van der Waals surface area (Å²) >= 11 is 0. The third-order valence-corrected chi connectivity index (χ3v) is 3.99. The van der Waals surface area contributed by atoms with Crippen LogP contribution in [0.1, 0.15) is 18.4 Å². The molecule has 0 radical (unpaired) electrons. The van der Waals surface area contributed by atoms with E-state index in [0.29, 0.717) is 24.6 Å². The fourth-order valence-corrected chi connectivity index (χ4v) is 2.55. The topological polar surface area (TPSA) is 61.8 Å². The molecule has 6 heteroatoms. The van der Waals surface area contributed by atoms with Crippen molar-refractivity contribution < 1.29 is 19.0 Å². The van der Waals surface area contributed by atoms with Crippen molar-refractivity contribution in [1.29, 1.82) is 0 Å². The predicted molar refractivity (Wildman–Crippen MR) is 93.0 cm³/mol. The number of nitrogens with zero attached hydrogens (tertiary/aromatic N) is 1. The van der Waals surface area contributed by atoms with E-state index >= 15 is 0 Å². The molecule has 132 valence electrons. The highest BCUT2D eigenvalue weighted by atomic mass is 19.1. The van der Waals surface area contributed by atoms with Gasteiger partial charge in [-0.15, -0.1) is 0 Å². The van der Waals surface area contributed by atoms with Gasteiger partial charge >= 0.3 is 6.03 Å². The number of hydrogen-bond donors (Lipinski definition) is 2. The maximum Gasteiger partial charge on any atom is 0.322 e. The zero-order chi connectivity index (χ0) is 17.6. The van der Waals surface area contributed by atoms with Gasteiger partial charge in [-0.25, -0.2) is 9.18 Å². The van der Waals surface area contributed by atoms with E-state index in [2.05, 4.69) is 5.32 Å². The van der Waals surface area contributed by atoms with Gasteiger partial charge in [0.25, 0.3) is 0 Å². The summed E-state index contributed by atoms with van der Waals surface area (Å²) in [6, 6.07) is 13.3. The van der Waals surface area contributed by atoms with Crippen LogP contribution in [0.3, 0.4) is 0 Å². The number of urea groups is 1. The van der Waals surface area contributed by atoms with Gasteiger partial charge in [0.1, 0.15) is 18.2 Å². The zero-order valence-electron chi connectivity index (χ0n) is 13.8. The average molecular weight is 344 g/mol. The van der Waals surface area contributed by atoms with Gasteiger partial charge in [0.05, 0.1) is 6.61 Å². The molecule has 0 atom stereocenters. The number of nitrogens with one attached hydrogen (secondary N) is 1. The normalized spacial score (nSPS) is 13.4. The minimum Gasteiger partial charge on any atom is -0.489 e. The number of amides is 2. The molecule has 0 aromatic heterocycles. The molecule has 1 saturated carbocycles. The number of carbonyl (C=O) groups excluding carboxylic acids is 1. The van der Waals surface area contributed by atoms with Crippen LogP contribution < -0.4 is 10.1 Å². The van der Waals surface area contributed by atoms with E-state index in [4.69, 9.17) is 9.84 Å². The molecule has 2 N–H and O–H groups in total. The van der Waals surface area contributed by atoms with Crippen molar-refractivity contribution in [2.45, 2.75) is 25.5 Å². The van der Waals surface area contributed by atoms with E-state index in [1.165, 1.54) is 12.1 Å². The molecule has 0 heterocycles. The van der Waals surface area contributed by atoms with E-state index < -0.39 is 0 Å². The van der Waals surface area contributed by atoms with Crippen LogP contribution in [0, 0.1) is 5.82 Å². The lowest BCUT2D eigenvalue weighted by molar-refractivity contribution is 0.185. The number of carbonyl (C=O) groups is 1. The molecule has 2 aromatic carbocycles. The van der Waals surface area contributed by atoms with Crippen LogP contribution in [0.4, 0.5) is 14.9 Å². The quantitative estimate of drug-likeness (QED) is 0.809. The Morgan fingerprint density at radius 3 is 2.68 bits per heavy atom. The SMILES string of the molecule is O=C(Nc1cccc(OCc2ccc(F)cc2)c1)N(CCO)C1CC1. The lowest BCUT2D eigenvalue weighted by Gasteiger charge is -2.22. The Labute approximate surface area is 146 Å². The Balaban J connectivity index is 1.58. The van der Waals surface area contributed by atoms with Gasteiger partial charge in [-0.2, -0.15) is 0 Å². The number of benzene rings is 2. The second-order valence-electron chi connectivity index (χ2n) is 6.02. The number of anilines is 1. The van der Waals surface area contributed by atoms with E-state index in [1.54, 1.807) is 41.3 Å². The van der Waals surface area contributed by atoms with Crippen molar-refractivity contribution in [2.75, 3.05) is 18.5 Å². The lowest BCUT2D eigenvalue weighted by atomic mass is 10.2. The average Bonchev–Trinajstić information content (AvgIpc) is 3.44. The summed E-state index contributed by atoms with van der Waals surface area (Å²) in [5, 5.41) is 11.9. The van der Waals surface area contributed by atoms with E-state index in [-0.39, 0.29) is 24.5 Å². The summed E-state index contributed by atoms with van der Waals surface area (Å²) in [6.45, 7) is 0.596. The first kappa shape index (κ1) is 17.2. The Morgan fingerprint density at radius 1 is 1.24 bits per heavy atom. The van der Waals surface area contributed by atoms with Crippen LogP contribution in [-0.2, 0) is 6.61 Å². The highest BCUT2D eigenvalue weighted by Gasteiger charge is 2.32. The summed E-state index contributed by atoms with van der Waals surface area (Å²) in [7, 11) is 0. The molecule has 2 aromatic rings. The Bertz CT molecular complexity index is 717. The van der Waals surface area contributed by atoms with E-state index in [0.717, 1.165) is 18.4 Å². The molecule has 5 nitrogen and oxygen atoms in total. The van der Waals surface area contributed by atoms with E-state index in [9.17, 15) is 9.18 Å². The molecule has 0 spiro atoms. The smallest absolute Gasteiger partial charge is 0.322 e. The highest BCUT2D eigenvalue weighted by molar-refractivity contribution is 5.90. The van der Waals surface area contributed by atoms with Crippen LogP contribution in [0.5, 0.6) is 5.75 Å². The molecule has 2 amide bonds. The van der Waals surface area contributed by atoms with E-state index in [1.807, 2.05) is 0 Å². The molecular weight excluding hydrogens is 323 g/mol. The van der Waals surface area contributed by atoms with Gasteiger partial charge in [-0.3, -0.25) is 0 Å². The summed E-state index contributed by atoms with van der Waals surface area (Å²) in [4.78, 5) is 14.0. The number of aliphatic hydroxyl groups excluding tert-OH is 1. The Morgan fingerprint density at radius 2 is 2.00 bits per heavy atom. The molecule has 1 aliphatic carbocycles. The van der Waals surface area contributed by atoms with Crippen molar-refractivity contribution in [2.24, 2.45) is 0 Å². The van der Waals surface area contributed by atoms with Crippen LogP contribution >= 0.6 is 0 Å². The fourth-order valence-electron chi connectivity index (χ4n) is 2.55. The Hall–Kier alpha value is -2.60. The standard InChI is InChI=1S/C19H21FN2O3/c20-15-6-4-14(5-7-15)13-25-18-3-1-2-16(12-18)21-19(24)22(10-11-23)17-8-9-17/h1-7,12,17,23H,8-11,13H2,(H,21,24). The Kier molecular flexibility index (Phi) is 5.50. The van der Waals surface area contributed by atoms with Crippen molar-refractivity contribution in [3.8, 4) is 5.75 Å². The number of hydrogen-bond acceptors (Lipinski definition) is 3. The van der Waals surface area contributed by atoms with Crippen LogP contribution in [0.2, 0.25) is 0 Å². The van der Waals surface area contributed by atoms with Crippen LogP contribution in [0.15, 0.2) is 48.5 Å². The minimum absolute atomic E-state index is 0.0509. The number of ether oxygens (including phenoxy) is 1. The van der Waals surface area contributed by atoms with Gasteiger partial charge in [0, 0.05) is 24.3 Å². The summed E-state index contributed by atoms with van der Waals surface area (Å²) in [6.07, 6.45) is 1.96. The fraction of sp³-hybridized carbons (Fsp3) is 0.316. The number of halogens is 1. The first-order valence-corrected chi connectivity index (χ1v) is 8.31. The third kappa shape index (κ3) is 4.93. The summed E-state index contributed by atoms with van der Waals surface area (Å²) in [5.74, 6) is 0.332. The molecule has 0 saturated heterocycles. The van der Waals surface area contributed by atoms with Gasteiger partial charge in [-0.1, -0.05) is 18.2 Å². The molecular formula is C19H21FN2O3. The summed E-state index contributed by atoms with van der Waals surface area (Å²) < 4.78 is 18.6. The first-order valence-electron chi connectivity index (χ1n) is 8.31. The maximum atomic E-state index is 12.9. The second kappa shape index (κ2) is 7.98. The second-order valence-corrected chi connectivity index (χ2v) is 6.02. The van der Waals surface area contributed by atoms with Crippen molar-refractivity contribution in [3.05, 3.63) is 59.9 Å². The monoisotopic (exact) mass is 344 g/mol. The maximum absolute atomic E-state index is 12.9. The molecule has 1 fully saturated rings. The minimum atomic E-state index is -0.281. The predicted octanol–water partition coefficient (Wildman–Crippen LogP) is 3.39. The van der Waals surface area contributed by atoms with Crippen LogP contribution in [0.25, 0.3) is 0 Å². The number of rotatable bonds is 7. The van der Waals surface area contributed by atoms with Crippen molar-refractivity contribution in [3.63, 3.8) is 0 Å². The van der Waals surface area contributed by atoms with Gasteiger partial charge < -0.3 is 20.1 Å². The van der Waals surface area contributed by atoms with Crippen molar-refractivity contribution in [1.82, 2.24) is 4.90 Å². The molecule has 1 aliphatic rings. The van der Waals surface area contributed by atoms with Crippen LogP contribution in [-0.4, -0.2) is 35.2 Å². The largest absolute Gasteiger partial charge is 0.489 e. The third-order valence-electron chi connectivity index (χ3n) is 3.99. The highest BCUT2D eigenvalue weighted by Crippen LogP contribution is 2.27. The number of aliphatic hydroxyl groups is 1. The molecule has 0 aliphatic heterocycles.